The Morgan fingerprint density at radius 3 is 2.15 bits per heavy atom. The van der Waals surface area contributed by atoms with Gasteiger partial charge in [-0.1, -0.05) is 30.0 Å². The number of methoxy groups -OCH3 is 3. The van der Waals surface area contributed by atoms with Crippen LogP contribution in [-0.2, 0) is 5.75 Å². The van der Waals surface area contributed by atoms with Crippen molar-refractivity contribution in [1.82, 2.24) is 10.2 Å². The molecule has 0 atom stereocenters. The summed E-state index contributed by atoms with van der Waals surface area (Å²) in [4.78, 5) is 0. The second-order valence-corrected chi connectivity index (χ2v) is 6.55. The molecule has 2 aromatic carbocycles. The van der Waals surface area contributed by atoms with E-state index in [1.165, 1.54) is 17.8 Å². The van der Waals surface area contributed by atoms with Gasteiger partial charge in [0.05, 0.1) is 27.0 Å². The highest BCUT2D eigenvalue weighted by atomic mass is 32.2. The van der Waals surface area contributed by atoms with Crippen LogP contribution in [0.1, 0.15) is 5.56 Å². The first-order chi connectivity index (χ1) is 13.2. The number of hydrogen-bond acceptors (Lipinski definition) is 6. The highest BCUT2D eigenvalue weighted by molar-refractivity contribution is 7.98. The molecule has 0 bridgehead atoms. The summed E-state index contributed by atoms with van der Waals surface area (Å²) < 4.78 is 29.8. The van der Waals surface area contributed by atoms with Crippen molar-refractivity contribution in [2.75, 3.05) is 21.3 Å². The molecule has 0 N–H and O–H groups in total. The molecule has 0 unspecified atom stereocenters. The van der Waals surface area contributed by atoms with Crippen LogP contribution >= 0.6 is 11.8 Å². The van der Waals surface area contributed by atoms with Gasteiger partial charge in [0.1, 0.15) is 10.8 Å². The van der Waals surface area contributed by atoms with E-state index in [1.54, 1.807) is 33.5 Å². The number of ether oxygens (including phenoxy) is 3. The molecule has 0 radical (unpaired) electrons. The highest BCUT2D eigenvalue weighted by Crippen LogP contribution is 2.40. The Bertz CT molecular complexity index is 894. The van der Waals surface area contributed by atoms with Gasteiger partial charge in [-0.3, -0.25) is 0 Å². The molecule has 0 amide bonds. The Morgan fingerprint density at radius 1 is 0.889 bits per heavy atom. The van der Waals surface area contributed by atoms with E-state index in [-0.39, 0.29) is 5.82 Å². The molecule has 0 aliphatic rings. The van der Waals surface area contributed by atoms with Gasteiger partial charge >= 0.3 is 0 Å². The van der Waals surface area contributed by atoms with Crippen molar-refractivity contribution in [3.05, 3.63) is 59.9 Å². The summed E-state index contributed by atoms with van der Waals surface area (Å²) in [5.41, 5.74) is 2.10. The zero-order valence-corrected chi connectivity index (χ0v) is 16.0. The number of aromatic nitrogens is 2. The molecule has 1 heterocycles. The van der Waals surface area contributed by atoms with Crippen LogP contribution in [0.3, 0.4) is 0 Å². The fourth-order valence-electron chi connectivity index (χ4n) is 2.55. The Hall–Kier alpha value is -2.80. The lowest BCUT2D eigenvalue weighted by Gasteiger charge is -2.13. The third kappa shape index (κ3) is 4.31. The number of thioether (sulfide) groups is 1. The molecule has 0 aliphatic heterocycles. The normalized spacial score (nSPS) is 10.5. The van der Waals surface area contributed by atoms with Gasteiger partial charge in [-0.05, 0) is 35.9 Å². The van der Waals surface area contributed by atoms with Crippen molar-refractivity contribution in [1.29, 1.82) is 0 Å². The molecule has 0 aliphatic carbocycles. The Morgan fingerprint density at radius 2 is 1.59 bits per heavy atom. The molecule has 3 aromatic rings. The van der Waals surface area contributed by atoms with Crippen molar-refractivity contribution in [2.45, 2.75) is 10.8 Å². The number of benzene rings is 2. The van der Waals surface area contributed by atoms with Gasteiger partial charge in [0.25, 0.3) is 0 Å². The lowest BCUT2D eigenvalue weighted by Crippen LogP contribution is -1.97. The van der Waals surface area contributed by atoms with Crippen LogP contribution in [-0.4, -0.2) is 31.5 Å². The zero-order chi connectivity index (χ0) is 19.2. The van der Waals surface area contributed by atoms with E-state index >= 15 is 0 Å². The van der Waals surface area contributed by atoms with Crippen LogP contribution in [0.4, 0.5) is 4.39 Å². The fraction of sp³-hybridized carbons (Fsp3) is 0.200. The van der Waals surface area contributed by atoms with Gasteiger partial charge in [0, 0.05) is 11.3 Å². The Labute approximate surface area is 161 Å². The van der Waals surface area contributed by atoms with E-state index < -0.39 is 0 Å². The summed E-state index contributed by atoms with van der Waals surface area (Å²) in [6.45, 7) is 0. The van der Waals surface area contributed by atoms with Crippen LogP contribution in [0.2, 0.25) is 0 Å². The minimum atomic E-state index is -0.216. The minimum Gasteiger partial charge on any atom is -0.493 e. The largest absolute Gasteiger partial charge is 0.493 e. The first kappa shape index (κ1) is 19.0. The molecular formula is C20H19FN2O3S. The van der Waals surface area contributed by atoms with Gasteiger partial charge < -0.3 is 14.2 Å². The van der Waals surface area contributed by atoms with Crippen molar-refractivity contribution >= 4 is 11.8 Å². The lowest BCUT2D eigenvalue weighted by atomic mass is 10.1. The molecule has 140 valence electrons. The number of halogens is 1. The van der Waals surface area contributed by atoms with Gasteiger partial charge in [-0.2, -0.15) is 0 Å². The van der Waals surface area contributed by atoms with Crippen LogP contribution in [0.25, 0.3) is 11.3 Å². The quantitative estimate of drug-likeness (QED) is 0.553. The first-order valence-electron chi connectivity index (χ1n) is 8.16. The van der Waals surface area contributed by atoms with E-state index in [4.69, 9.17) is 14.2 Å². The van der Waals surface area contributed by atoms with E-state index in [0.29, 0.717) is 34.3 Å². The molecule has 3 rings (SSSR count). The zero-order valence-electron chi connectivity index (χ0n) is 15.2. The molecule has 0 fully saturated rings. The molecule has 27 heavy (non-hydrogen) atoms. The van der Waals surface area contributed by atoms with Gasteiger partial charge in [-0.25, -0.2) is 4.39 Å². The second kappa shape index (κ2) is 8.73. The van der Waals surface area contributed by atoms with Crippen molar-refractivity contribution < 1.29 is 18.6 Å². The van der Waals surface area contributed by atoms with Crippen LogP contribution in [0, 0.1) is 5.82 Å². The molecule has 5 nitrogen and oxygen atoms in total. The maximum Gasteiger partial charge on any atom is 0.203 e. The number of hydrogen-bond donors (Lipinski definition) is 0. The summed E-state index contributed by atoms with van der Waals surface area (Å²) in [7, 11) is 4.69. The van der Waals surface area contributed by atoms with Gasteiger partial charge in [0.2, 0.25) is 5.75 Å². The summed E-state index contributed by atoms with van der Waals surface area (Å²) in [6.07, 6.45) is 0. The van der Waals surface area contributed by atoms with Gasteiger partial charge in [0.15, 0.2) is 11.5 Å². The first-order valence-corrected chi connectivity index (χ1v) is 9.15. The van der Waals surface area contributed by atoms with Gasteiger partial charge in [-0.15, -0.1) is 10.2 Å². The van der Waals surface area contributed by atoms with Crippen molar-refractivity contribution in [3.8, 4) is 28.5 Å². The predicted molar refractivity (Wildman–Crippen MR) is 103 cm³/mol. The average Bonchev–Trinajstić information content (AvgIpc) is 2.72. The number of nitrogens with zero attached hydrogens (tertiary/aromatic N) is 2. The SMILES string of the molecule is COc1cc(-c2ccc(SCc3ccccc3F)nn2)cc(OC)c1OC. The summed E-state index contributed by atoms with van der Waals surface area (Å²) in [6, 6.07) is 14.1. The summed E-state index contributed by atoms with van der Waals surface area (Å²) in [5.74, 6) is 1.89. The van der Waals surface area contributed by atoms with Crippen molar-refractivity contribution in [3.63, 3.8) is 0 Å². The molecule has 1 aromatic heterocycles. The third-order valence-corrected chi connectivity index (χ3v) is 4.90. The minimum absolute atomic E-state index is 0.216. The van der Waals surface area contributed by atoms with E-state index in [9.17, 15) is 4.39 Å². The number of rotatable bonds is 7. The molecule has 0 spiro atoms. The monoisotopic (exact) mass is 386 g/mol. The highest BCUT2D eigenvalue weighted by Gasteiger charge is 2.15. The molecule has 0 saturated heterocycles. The van der Waals surface area contributed by atoms with Crippen LogP contribution in [0.15, 0.2) is 53.6 Å². The third-order valence-electron chi connectivity index (χ3n) is 3.93. The predicted octanol–water partition coefficient (Wildman–Crippen LogP) is 4.60. The van der Waals surface area contributed by atoms with Crippen molar-refractivity contribution in [2.24, 2.45) is 0 Å². The summed E-state index contributed by atoms with van der Waals surface area (Å²) in [5, 5.41) is 9.22. The lowest BCUT2D eigenvalue weighted by molar-refractivity contribution is 0.324. The fourth-order valence-corrected chi connectivity index (χ4v) is 3.35. The maximum absolute atomic E-state index is 13.7. The molecular weight excluding hydrogens is 367 g/mol. The summed E-state index contributed by atoms with van der Waals surface area (Å²) >= 11 is 1.43. The second-order valence-electron chi connectivity index (χ2n) is 5.55. The van der Waals surface area contributed by atoms with Crippen LogP contribution in [0.5, 0.6) is 17.2 Å². The van der Waals surface area contributed by atoms with E-state index in [1.807, 2.05) is 30.3 Å². The van der Waals surface area contributed by atoms with E-state index in [0.717, 1.165) is 10.6 Å². The smallest absolute Gasteiger partial charge is 0.203 e. The molecule has 7 heteroatoms. The molecule has 0 saturated carbocycles. The Kier molecular flexibility index (Phi) is 6.13. The average molecular weight is 386 g/mol. The topological polar surface area (TPSA) is 53.5 Å². The maximum atomic E-state index is 13.7. The standard InChI is InChI=1S/C20H19FN2O3S/c1-24-17-10-14(11-18(25-2)20(17)26-3)16-8-9-19(23-22-16)27-12-13-6-4-5-7-15(13)21/h4-11H,12H2,1-3H3. The Balaban J connectivity index is 1.80. The van der Waals surface area contributed by atoms with Crippen LogP contribution < -0.4 is 14.2 Å². The van der Waals surface area contributed by atoms with E-state index in [2.05, 4.69) is 10.2 Å².